The Morgan fingerprint density at radius 2 is 1.38 bits per heavy atom. The monoisotopic (exact) mass is 590 g/mol. The number of aliphatic hydroxyl groups excluding tert-OH is 1. The second kappa shape index (κ2) is 26.7. The molecule has 0 amide bonds. The van der Waals surface area contributed by atoms with E-state index in [0.29, 0.717) is 31.5 Å². The molecule has 1 saturated heterocycles. The van der Waals surface area contributed by atoms with Gasteiger partial charge in [-0.25, -0.2) is 0 Å². The highest BCUT2D eigenvalue weighted by molar-refractivity contribution is 5.70. The molecule has 1 rings (SSSR count). The topological polar surface area (TPSA) is 85.4 Å². The summed E-state index contributed by atoms with van der Waals surface area (Å²) >= 11 is 0. The van der Waals surface area contributed by atoms with Crippen molar-refractivity contribution in [2.45, 2.75) is 161 Å². The molecular formula is C36H62O6. The number of hydrogen-bond donors (Lipinski definition) is 1. The van der Waals surface area contributed by atoms with Gasteiger partial charge in [0.2, 0.25) is 0 Å². The summed E-state index contributed by atoms with van der Waals surface area (Å²) in [6.07, 6.45) is 32.3. The van der Waals surface area contributed by atoms with Gasteiger partial charge in [0.15, 0.2) is 6.10 Å². The zero-order valence-electron chi connectivity index (χ0n) is 27.1. The first-order valence-corrected chi connectivity index (χ1v) is 17.1. The summed E-state index contributed by atoms with van der Waals surface area (Å²) in [6.45, 7) is 6.33. The summed E-state index contributed by atoms with van der Waals surface area (Å²) in [4.78, 5) is 24.1. The molecule has 0 spiro atoms. The molecule has 1 N–H and O–H groups in total. The summed E-state index contributed by atoms with van der Waals surface area (Å²) in [5, 5.41) is 9.50. The smallest absolute Gasteiger partial charge is 0.306 e. The van der Waals surface area contributed by atoms with E-state index in [2.05, 4.69) is 57.2 Å². The van der Waals surface area contributed by atoms with Gasteiger partial charge < -0.3 is 19.3 Å². The molecule has 242 valence electrons. The van der Waals surface area contributed by atoms with E-state index in [-0.39, 0.29) is 25.2 Å². The van der Waals surface area contributed by atoms with Crippen LogP contribution in [0.1, 0.15) is 143 Å². The lowest BCUT2D eigenvalue weighted by atomic mass is 10.00. The number of aliphatic hydroxyl groups is 1. The fourth-order valence-electron chi connectivity index (χ4n) is 4.74. The maximum Gasteiger partial charge on any atom is 0.306 e. The van der Waals surface area contributed by atoms with Crippen molar-refractivity contribution in [2.24, 2.45) is 5.92 Å². The van der Waals surface area contributed by atoms with E-state index in [9.17, 15) is 14.7 Å². The molecule has 0 aromatic rings. The van der Waals surface area contributed by atoms with E-state index in [1.54, 1.807) is 0 Å². The van der Waals surface area contributed by atoms with E-state index < -0.39 is 6.10 Å². The number of esters is 2. The molecular weight excluding hydrogens is 528 g/mol. The molecule has 42 heavy (non-hydrogen) atoms. The highest BCUT2D eigenvalue weighted by atomic mass is 16.6. The maximum absolute atomic E-state index is 12.1. The molecule has 1 heterocycles. The first-order chi connectivity index (χ1) is 20.5. The van der Waals surface area contributed by atoms with Crippen LogP contribution in [-0.2, 0) is 23.8 Å². The fourth-order valence-corrected chi connectivity index (χ4v) is 4.74. The van der Waals surface area contributed by atoms with E-state index >= 15 is 0 Å². The highest BCUT2D eigenvalue weighted by Crippen LogP contribution is 2.29. The van der Waals surface area contributed by atoms with Gasteiger partial charge in [-0.15, -0.1) is 0 Å². The predicted octanol–water partition coefficient (Wildman–Crippen LogP) is 8.96. The SMILES string of the molecule is CCCCC/C=C\C/C=C\CC1OC1C/C=C\CCCC(=O)OC[C@H](CO)OC(=O)CCCCCCCCC(C)CC. The molecule has 3 unspecified atom stereocenters. The van der Waals surface area contributed by atoms with Crippen molar-refractivity contribution in [1.82, 2.24) is 0 Å². The molecule has 1 aliphatic rings. The van der Waals surface area contributed by atoms with Gasteiger partial charge in [-0.1, -0.05) is 115 Å². The van der Waals surface area contributed by atoms with E-state index in [4.69, 9.17) is 14.2 Å². The van der Waals surface area contributed by atoms with Crippen molar-refractivity contribution in [3.8, 4) is 0 Å². The third-order valence-corrected chi connectivity index (χ3v) is 7.88. The zero-order valence-corrected chi connectivity index (χ0v) is 27.1. The van der Waals surface area contributed by atoms with Crippen LogP contribution in [0, 0.1) is 5.92 Å². The Labute approximate surface area is 257 Å². The summed E-state index contributed by atoms with van der Waals surface area (Å²) in [5.41, 5.74) is 0. The maximum atomic E-state index is 12.1. The summed E-state index contributed by atoms with van der Waals surface area (Å²) in [7, 11) is 0. The minimum atomic E-state index is -0.796. The van der Waals surface area contributed by atoms with Crippen LogP contribution in [0.5, 0.6) is 0 Å². The van der Waals surface area contributed by atoms with Gasteiger partial charge in [0.25, 0.3) is 0 Å². The first kappa shape index (κ1) is 38.1. The van der Waals surface area contributed by atoms with Crippen molar-refractivity contribution in [1.29, 1.82) is 0 Å². The molecule has 0 aromatic carbocycles. The highest BCUT2D eigenvalue weighted by Gasteiger charge is 2.35. The molecule has 1 aliphatic heterocycles. The average Bonchev–Trinajstić information content (AvgIpc) is 3.75. The third-order valence-electron chi connectivity index (χ3n) is 7.88. The summed E-state index contributed by atoms with van der Waals surface area (Å²) in [6, 6.07) is 0. The minimum absolute atomic E-state index is 0.100. The Morgan fingerprint density at radius 1 is 0.762 bits per heavy atom. The van der Waals surface area contributed by atoms with Gasteiger partial charge >= 0.3 is 11.9 Å². The van der Waals surface area contributed by atoms with Gasteiger partial charge in [0, 0.05) is 12.8 Å². The van der Waals surface area contributed by atoms with Crippen LogP contribution in [0.4, 0.5) is 0 Å². The summed E-state index contributed by atoms with van der Waals surface area (Å²) in [5.74, 6) is 0.146. The van der Waals surface area contributed by atoms with Gasteiger partial charge in [-0.2, -0.15) is 0 Å². The Morgan fingerprint density at radius 3 is 2.10 bits per heavy atom. The van der Waals surface area contributed by atoms with Crippen molar-refractivity contribution in [2.75, 3.05) is 13.2 Å². The molecule has 0 aromatic heterocycles. The van der Waals surface area contributed by atoms with E-state index in [0.717, 1.165) is 50.9 Å². The third kappa shape index (κ3) is 22.6. The fraction of sp³-hybridized carbons (Fsp3) is 0.778. The van der Waals surface area contributed by atoms with Crippen LogP contribution in [0.15, 0.2) is 36.5 Å². The Hall–Kier alpha value is -1.92. The molecule has 1 fully saturated rings. The van der Waals surface area contributed by atoms with Crippen LogP contribution < -0.4 is 0 Å². The number of carbonyl (C=O) groups excluding carboxylic acids is 2. The first-order valence-electron chi connectivity index (χ1n) is 17.1. The molecule has 6 nitrogen and oxygen atoms in total. The molecule has 6 heteroatoms. The number of carbonyl (C=O) groups is 2. The van der Waals surface area contributed by atoms with Gasteiger partial charge in [-0.05, 0) is 57.3 Å². The molecule has 0 aliphatic carbocycles. The lowest BCUT2D eigenvalue weighted by Gasteiger charge is -2.15. The molecule has 0 saturated carbocycles. The number of hydrogen-bond acceptors (Lipinski definition) is 6. The summed E-state index contributed by atoms with van der Waals surface area (Å²) < 4.78 is 16.2. The van der Waals surface area contributed by atoms with Crippen LogP contribution in [0.3, 0.4) is 0 Å². The van der Waals surface area contributed by atoms with Crippen LogP contribution >= 0.6 is 0 Å². The molecule has 0 radical (unpaired) electrons. The number of epoxide rings is 1. The van der Waals surface area contributed by atoms with Crippen molar-refractivity contribution >= 4 is 11.9 Å². The Kier molecular flexibility index (Phi) is 24.2. The largest absolute Gasteiger partial charge is 0.462 e. The lowest BCUT2D eigenvalue weighted by molar-refractivity contribution is -0.161. The van der Waals surface area contributed by atoms with Crippen LogP contribution in [0.2, 0.25) is 0 Å². The second-order valence-electron chi connectivity index (χ2n) is 11.9. The number of unbranched alkanes of at least 4 members (excludes halogenated alkanes) is 9. The van der Waals surface area contributed by atoms with Gasteiger partial charge in [0.05, 0.1) is 18.8 Å². The number of ether oxygens (including phenoxy) is 3. The van der Waals surface area contributed by atoms with E-state index in [1.807, 2.05) is 0 Å². The molecule has 0 bridgehead atoms. The minimum Gasteiger partial charge on any atom is -0.462 e. The van der Waals surface area contributed by atoms with Gasteiger partial charge in [-0.3, -0.25) is 9.59 Å². The quantitative estimate of drug-likeness (QED) is 0.0424. The lowest BCUT2D eigenvalue weighted by Crippen LogP contribution is -2.28. The number of allylic oxidation sites excluding steroid dienone is 4. The molecule has 4 atom stereocenters. The zero-order chi connectivity index (χ0) is 30.7. The standard InChI is InChI=1S/C36H62O6/c1-4-6-7-8-9-10-11-15-20-25-33-34(42-33)26-21-17-18-22-27-35(38)40-30-32(29-37)41-36(39)28-23-16-13-12-14-19-24-31(3)5-2/h9-10,15,17,20-21,31-34,37H,4-8,11-14,16,18-19,22-30H2,1-3H3/b10-9-,20-15-,21-17-/t31?,32-,33?,34?/m0/s1. The van der Waals surface area contributed by atoms with Crippen molar-refractivity contribution in [3.63, 3.8) is 0 Å². The van der Waals surface area contributed by atoms with Crippen molar-refractivity contribution < 1.29 is 28.9 Å². The second-order valence-corrected chi connectivity index (χ2v) is 11.9. The predicted molar refractivity (Wildman–Crippen MR) is 172 cm³/mol. The Bertz CT molecular complexity index is 758. The Balaban J connectivity index is 1.99. The van der Waals surface area contributed by atoms with Crippen LogP contribution in [-0.4, -0.2) is 48.6 Å². The van der Waals surface area contributed by atoms with Gasteiger partial charge in [0.1, 0.15) is 6.61 Å². The average molecular weight is 591 g/mol. The van der Waals surface area contributed by atoms with Crippen LogP contribution in [0.25, 0.3) is 0 Å². The van der Waals surface area contributed by atoms with E-state index in [1.165, 1.54) is 57.8 Å². The van der Waals surface area contributed by atoms with Crippen molar-refractivity contribution in [3.05, 3.63) is 36.5 Å². The number of rotatable bonds is 28. The normalized spacial score (nSPS) is 18.2.